The Labute approximate surface area is 140 Å². The van der Waals surface area contributed by atoms with Crippen molar-refractivity contribution in [2.24, 2.45) is 11.1 Å². The van der Waals surface area contributed by atoms with E-state index in [1.165, 1.54) is 19.2 Å². The molecular formula is C17H17ClN4O. The summed E-state index contributed by atoms with van der Waals surface area (Å²) < 4.78 is 1.68. The lowest BCUT2D eigenvalue weighted by molar-refractivity contribution is 0.158. The molecule has 0 amide bonds. The highest BCUT2D eigenvalue weighted by atomic mass is 35.5. The Morgan fingerprint density at radius 1 is 1.48 bits per heavy atom. The van der Waals surface area contributed by atoms with Crippen LogP contribution in [0.2, 0.25) is 5.02 Å². The molecule has 6 heteroatoms. The first kappa shape index (κ1) is 15.6. The van der Waals surface area contributed by atoms with Gasteiger partial charge in [-0.1, -0.05) is 34.7 Å². The normalized spacial score (nSPS) is 14.3. The van der Waals surface area contributed by atoms with Gasteiger partial charge >= 0.3 is 0 Å². The smallest absolute Gasteiger partial charge is 0.137 e. The summed E-state index contributed by atoms with van der Waals surface area (Å²) in [5.74, 6) is 6.97. The van der Waals surface area contributed by atoms with E-state index >= 15 is 0 Å². The van der Waals surface area contributed by atoms with Crippen LogP contribution < -0.4 is 0 Å². The van der Waals surface area contributed by atoms with Gasteiger partial charge in [0.05, 0.1) is 11.6 Å². The van der Waals surface area contributed by atoms with E-state index in [1.54, 1.807) is 11.0 Å². The molecule has 3 rings (SSSR count). The Hall–Kier alpha value is -2.32. The number of aromatic nitrogens is 3. The fourth-order valence-electron chi connectivity index (χ4n) is 2.01. The van der Waals surface area contributed by atoms with Crippen LogP contribution in [0.15, 0.2) is 36.0 Å². The number of nitrogens with zero attached hydrogens (tertiary/aromatic N) is 4. The van der Waals surface area contributed by atoms with Gasteiger partial charge in [-0.05, 0) is 31.9 Å². The molecular weight excluding hydrogens is 312 g/mol. The lowest BCUT2D eigenvalue weighted by atomic mass is 10.1. The Morgan fingerprint density at radius 2 is 2.35 bits per heavy atom. The number of benzene rings is 1. The third-order valence-corrected chi connectivity index (χ3v) is 3.67. The van der Waals surface area contributed by atoms with Crippen molar-refractivity contribution in [3.05, 3.63) is 47.0 Å². The fraction of sp³-hybridized carbons (Fsp3) is 0.353. The highest BCUT2D eigenvalue weighted by Gasteiger charge is 2.18. The van der Waals surface area contributed by atoms with E-state index in [9.17, 15) is 0 Å². The molecule has 0 spiro atoms. The molecule has 0 N–H and O–H groups in total. The first-order valence-electron chi connectivity index (χ1n) is 7.59. The zero-order chi connectivity index (χ0) is 16.1. The minimum Gasteiger partial charge on any atom is -0.396 e. The Bertz CT molecular complexity index is 755. The van der Waals surface area contributed by atoms with E-state index < -0.39 is 0 Å². The lowest BCUT2D eigenvalue weighted by Gasteiger charge is -2.09. The standard InChI is InChI=1S/C17H17ClN4O/c1-2-23-21-17(10-22-12-19-11-20-22)15-8-7-14(9-16(15)18)6-5-13-3-4-13/h7-9,11-13H,2-4,10H2,1H3/b21-17+. The molecule has 0 unspecified atom stereocenters. The van der Waals surface area contributed by atoms with E-state index in [0.29, 0.717) is 29.8 Å². The van der Waals surface area contributed by atoms with E-state index in [1.807, 2.05) is 25.1 Å². The van der Waals surface area contributed by atoms with Crippen LogP contribution in [0.4, 0.5) is 0 Å². The van der Waals surface area contributed by atoms with Crippen LogP contribution >= 0.6 is 11.6 Å². The molecule has 1 aromatic carbocycles. The van der Waals surface area contributed by atoms with Gasteiger partial charge in [0.1, 0.15) is 25.0 Å². The van der Waals surface area contributed by atoms with Crippen molar-refractivity contribution >= 4 is 17.3 Å². The average molecular weight is 329 g/mol. The van der Waals surface area contributed by atoms with Crippen molar-refractivity contribution in [2.75, 3.05) is 6.61 Å². The summed E-state index contributed by atoms with van der Waals surface area (Å²) in [4.78, 5) is 9.15. The monoisotopic (exact) mass is 328 g/mol. The molecule has 0 atom stereocenters. The van der Waals surface area contributed by atoms with Crippen molar-refractivity contribution in [1.82, 2.24) is 14.8 Å². The van der Waals surface area contributed by atoms with Crippen molar-refractivity contribution in [3.8, 4) is 11.8 Å². The summed E-state index contributed by atoms with van der Waals surface area (Å²) in [6.07, 6.45) is 5.53. The highest BCUT2D eigenvalue weighted by molar-refractivity contribution is 6.34. The summed E-state index contributed by atoms with van der Waals surface area (Å²) in [7, 11) is 0. The van der Waals surface area contributed by atoms with Crippen LogP contribution in [-0.2, 0) is 11.4 Å². The van der Waals surface area contributed by atoms with Gasteiger partial charge in [-0.15, -0.1) is 0 Å². The fourth-order valence-corrected chi connectivity index (χ4v) is 2.30. The lowest BCUT2D eigenvalue weighted by Crippen LogP contribution is -2.13. The predicted octanol–water partition coefficient (Wildman–Crippen LogP) is 3.13. The van der Waals surface area contributed by atoms with Crippen LogP contribution in [0.1, 0.15) is 30.9 Å². The summed E-state index contributed by atoms with van der Waals surface area (Å²) in [5.41, 5.74) is 2.43. The number of halogens is 1. The Kier molecular flexibility index (Phi) is 4.94. The predicted molar refractivity (Wildman–Crippen MR) is 89.2 cm³/mol. The summed E-state index contributed by atoms with van der Waals surface area (Å²) >= 11 is 6.42. The van der Waals surface area contributed by atoms with Crippen molar-refractivity contribution in [3.63, 3.8) is 0 Å². The molecule has 1 fully saturated rings. The maximum atomic E-state index is 6.42. The van der Waals surface area contributed by atoms with Gasteiger partial charge < -0.3 is 4.84 Å². The zero-order valence-electron chi connectivity index (χ0n) is 12.9. The van der Waals surface area contributed by atoms with Crippen molar-refractivity contribution in [1.29, 1.82) is 0 Å². The zero-order valence-corrected chi connectivity index (χ0v) is 13.6. The second-order valence-electron chi connectivity index (χ2n) is 5.29. The van der Waals surface area contributed by atoms with Gasteiger partial charge in [0, 0.05) is 17.0 Å². The SMILES string of the molecule is CCO/N=C(\Cn1cncn1)c1ccc(C#CC2CC2)cc1Cl. The summed E-state index contributed by atoms with van der Waals surface area (Å²) in [6.45, 7) is 2.81. The van der Waals surface area contributed by atoms with Gasteiger partial charge in [0.2, 0.25) is 0 Å². The maximum Gasteiger partial charge on any atom is 0.137 e. The number of oxime groups is 1. The van der Waals surface area contributed by atoms with Gasteiger partial charge in [-0.2, -0.15) is 5.10 Å². The van der Waals surface area contributed by atoms with Crippen molar-refractivity contribution in [2.45, 2.75) is 26.3 Å². The summed E-state index contributed by atoms with van der Waals surface area (Å²) in [5, 5.41) is 8.87. The molecule has 0 saturated heterocycles. The van der Waals surface area contributed by atoms with E-state index in [-0.39, 0.29) is 0 Å². The van der Waals surface area contributed by atoms with Gasteiger partial charge in [-0.25, -0.2) is 9.67 Å². The molecule has 1 saturated carbocycles. The molecule has 5 nitrogen and oxygen atoms in total. The molecule has 2 aromatic rings. The number of hydrogen-bond acceptors (Lipinski definition) is 4. The highest BCUT2D eigenvalue weighted by Crippen LogP contribution is 2.28. The third kappa shape index (κ3) is 4.33. The molecule has 0 bridgehead atoms. The largest absolute Gasteiger partial charge is 0.396 e. The molecule has 23 heavy (non-hydrogen) atoms. The van der Waals surface area contributed by atoms with Gasteiger partial charge in [0.15, 0.2) is 0 Å². The number of hydrogen-bond donors (Lipinski definition) is 0. The van der Waals surface area contributed by atoms with Gasteiger partial charge in [-0.3, -0.25) is 0 Å². The minimum atomic E-state index is 0.437. The van der Waals surface area contributed by atoms with Crippen molar-refractivity contribution < 1.29 is 4.84 Å². The molecule has 1 aliphatic carbocycles. The molecule has 118 valence electrons. The second kappa shape index (κ2) is 7.30. The Morgan fingerprint density at radius 3 is 3.00 bits per heavy atom. The minimum absolute atomic E-state index is 0.437. The first-order chi connectivity index (χ1) is 11.3. The molecule has 0 aliphatic heterocycles. The summed E-state index contributed by atoms with van der Waals surface area (Å²) in [6, 6.07) is 5.75. The van der Waals surface area contributed by atoms with Crippen LogP contribution in [0.25, 0.3) is 0 Å². The Balaban J connectivity index is 1.84. The molecule has 1 aliphatic rings. The van der Waals surface area contributed by atoms with E-state index in [0.717, 1.165) is 11.1 Å². The molecule has 0 radical (unpaired) electrons. The average Bonchev–Trinajstić information content (AvgIpc) is 3.25. The van der Waals surface area contributed by atoms with Gasteiger partial charge in [0.25, 0.3) is 0 Å². The second-order valence-corrected chi connectivity index (χ2v) is 5.69. The first-order valence-corrected chi connectivity index (χ1v) is 7.96. The van der Waals surface area contributed by atoms with Crippen LogP contribution in [0.5, 0.6) is 0 Å². The van der Waals surface area contributed by atoms with Crippen LogP contribution in [0, 0.1) is 17.8 Å². The maximum absolute atomic E-state index is 6.42. The van der Waals surface area contributed by atoms with Crippen LogP contribution in [0.3, 0.4) is 0 Å². The van der Waals surface area contributed by atoms with E-state index in [4.69, 9.17) is 16.4 Å². The molecule has 1 heterocycles. The number of rotatable bonds is 5. The van der Waals surface area contributed by atoms with Crippen LogP contribution in [-0.4, -0.2) is 27.1 Å². The van der Waals surface area contributed by atoms with E-state index in [2.05, 4.69) is 27.1 Å². The topological polar surface area (TPSA) is 52.3 Å². The quantitative estimate of drug-likeness (QED) is 0.481. The third-order valence-electron chi connectivity index (χ3n) is 3.36. The molecule has 1 aromatic heterocycles.